The molecule has 0 saturated heterocycles. The van der Waals surface area contributed by atoms with Gasteiger partial charge in [0.1, 0.15) is 5.82 Å². The summed E-state index contributed by atoms with van der Waals surface area (Å²) in [4.78, 5) is 34.9. The second-order valence-electron chi connectivity index (χ2n) is 7.73. The number of fused-ring (bicyclic) bond motifs is 1. The molecular formula is C22H20F5N5O3. The Bertz CT molecular complexity index is 1210. The molecule has 4 heterocycles. The lowest BCUT2D eigenvalue weighted by atomic mass is 10.0. The van der Waals surface area contributed by atoms with Gasteiger partial charge in [0.05, 0.1) is 17.3 Å². The summed E-state index contributed by atoms with van der Waals surface area (Å²) >= 11 is 0. The van der Waals surface area contributed by atoms with Crippen molar-refractivity contribution in [3.63, 3.8) is 0 Å². The lowest BCUT2D eigenvalue weighted by Crippen LogP contribution is -2.45. The molecule has 1 amide bonds. The van der Waals surface area contributed by atoms with Crippen molar-refractivity contribution in [2.75, 3.05) is 19.0 Å². The third-order valence-corrected chi connectivity index (χ3v) is 5.00. The fourth-order valence-electron chi connectivity index (χ4n) is 3.24. The predicted octanol–water partition coefficient (Wildman–Crippen LogP) is 3.76. The minimum absolute atomic E-state index is 0.0760. The fraction of sp³-hybridized carbons (Fsp3) is 0.273. The van der Waals surface area contributed by atoms with Gasteiger partial charge in [-0.05, 0) is 30.3 Å². The quantitative estimate of drug-likeness (QED) is 0.474. The Labute approximate surface area is 195 Å². The van der Waals surface area contributed by atoms with E-state index in [-0.39, 0.29) is 6.42 Å². The Balaban J connectivity index is 0.000000429. The first-order valence-corrected chi connectivity index (χ1v) is 10.1. The SMILES string of the molecule is CN(C)c1ccc(-c2cc(-c3cc4c([nH]3)CC(C(F)F)NC4=O)ccn2)cn1.O=C(O)C(F)(F)F. The van der Waals surface area contributed by atoms with Crippen LogP contribution in [0.25, 0.3) is 22.5 Å². The van der Waals surface area contributed by atoms with Gasteiger partial charge in [-0.15, -0.1) is 0 Å². The van der Waals surface area contributed by atoms with Gasteiger partial charge in [-0.3, -0.25) is 9.78 Å². The highest BCUT2D eigenvalue weighted by molar-refractivity contribution is 5.98. The molecule has 0 aliphatic carbocycles. The van der Waals surface area contributed by atoms with Gasteiger partial charge in [-0.25, -0.2) is 18.6 Å². The first-order chi connectivity index (χ1) is 16.4. The van der Waals surface area contributed by atoms with Crippen LogP contribution >= 0.6 is 0 Å². The van der Waals surface area contributed by atoms with Crippen molar-refractivity contribution >= 4 is 17.7 Å². The van der Waals surface area contributed by atoms with E-state index in [0.717, 1.165) is 22.6 Å². The van der Waals surface area contributed by atoms with Crippen molar-refractivity contribution in [2.24, 2.45) is 0 Å². The predicted molar refractivity (Wildman–Crippen MR) is 116 cm³/mol. The number of carbonyl (C=O) groups is 2. The molecule has 0 fully saturated rings. The van der Waals surface area contributed by atoms with Gasteiger partial charge in [0.15, 0.2) is 0 Å². The van der Waals surface area contributed by atoms with Gasteiger partial charge in [0, 0.05) is 55.4 Å². The molecule has 186 valence electrons. The number of hydrogen-bond acceptors (Lipinski definition) is 5. The number of pyridine rings is 2. The number of aliphatic carboxylic acids is 1. The third kappa shape index (κ3) is 6.11. The minimum atomic E-state index is -5.08. The Morgan fingerprint density at radius 2 is 1.83 bits per heavy atom. The van der Waals surface area contributed by atoms with Crippen molar-refractivity contribution in [2.45, 2.75) is 25.1 Å². The van der Waals surface area contributed by atoms with E-state index in [1.807, 2.05) is 43.3 Å². The molecule has 35 heavy (non-hydrogen) atoms. The second-order valence-corrected chi connectivity index (χ2v) is 7.73. The lowest BCUT2D eigenvalue weighted by molar-refractivity contribution is -0.192. The van der Waals surface area contributed by atoms with E-state index in [2.05, 4.69) is 20.3 Å². The monoisotopic (exact) mass is 497 g/mol. The van der Waals surface area contributed by atoms with Crippen molar-refractivity contribution in [1.82, 2.24) is 20.3 Å². The number of nitrogens with one attached hydrogen (secondary N) is 2. The Morgan fingerprint density at radius 1 is 1.14 bits per heavy atom. The van der Waals surface area contributed by atoms with Crippen molar-refractivity contribution in [3.05, 3.63) is 54.0 Å². The number of amides is 1. The smallest absolute Gasteiger partial charge is 0.475 e. The van der Waals surface area contributed by atoms with E-state index in [4.69, 9.17) is 9.90 Å². The van der Waals surface area contributed by atoms with Crippen LogP contribution in [0.2, 0.25) is 0 Å². The highest BCUT2D eigenvalue weighted by Gasteiger charge is 2.38. The number of H-pyrrole nitrogens is 1. The third-order valence-electron chi connectivity index (χ3n) is 5.00. The Morgan fingerprint density at radius 3 is 2.37 bits per heavy atom. The van der Waals surface area contributed by atoms with Gasteiger partial charge in [-0.1, -0.05) is 0 Å². The van der Waals surface area contributed by atoms with Crippen LogP contribution in [0.1, 0.15) is 16.1 Å². The van der Waals surface area contributed by atoms with Gasteiger partial charge in [0.25, 0.3) is 12.3 Å². The van der Waals surface area contributed by atoms with Crippen LogP contribution in [0, 0.1) is 0 Å². The molecule has 1 atom stereocenters. The molecule has 0 spiro atoms. The van der Waals surface area contributed by atoms with Crippen LogP contribution < -0.4 is 10.2 Å². The normalized spacial score (nSPS) is 15.1. The summed E-state index contributed by atoms with van der Waals surface area (Å²) in [6, 6.07) is 8.07. The van der Waals surface area contributed by atoms with E-state index < -0.39 is 30.5 Å². The number of rotatable bonds is 4. The molecular weight excluding hydrogens is 477 g/mol. The fourth-order valence-corrected chi connectivity index (χ4v) is 3.24. The topological polar surface area (TPSA) is 111 Å². The Kier molecular flexibility index (Phi) is 7.37. The highest BCUT2D eigenvalue weighted by atomic mass is 19.4. The van der Waals surface area contributed by atoms with Gasteiger partial charge in [0.2, 0.25) is 0 Å². The number of alkyl halides is 5. The molecule has 1 aliphatic rings. The number of halogens is 5. The molecule has 3 N–H and O–H groups in total. The zero-order chi connectivity index (χ0) is 25.9. The molecule has 3 aromatic heterocycles. The molecule has 0 aromatic carbocycles. The van der Waals surface area contributed by atoms with E-state index in [9.17, 15) is 26.7 Å². The summed E-state index contributed by atoms with van der Waals surface area (Å²) in [5, 5.41) is 9.48. The van der Waals surface area contributed by atoms with Crippen molar-refractivity contribution < 1.29 is 36.6 Å². The molecule has 3 aromatic rings. The van der Waals surface area contributed by atoms with Crippen LogP contribution in [-0.2, 0) is 11.2 Å². The van der Waals surface area contributed by atoms with Crippen molar-refractivity contribution in [3.8, 4) is 22.5 Å². The Hall–Kier alpha value is -4.03. The molecule has 8 nitrogen and oxygen atoms in total. The number of carboxylic acids is 1. The molecule has 0 radical (unpaired) electrons. The van der Waals surface area contributed by atoms with Crippen LogP contribution in [0.4, 0.5) is 27.8 Å². The summed E-state index contributed by atoms with van der Waals surface area (Å²) in [6.45, 7) is 0. The van der Waals surface area contributed by atoms with Gasteiger partial charge < -0.3 is 20.3 Å². The van der Waals surface area contributed by atoms with Crippen LogP contribution in [-0.4, -0.2) is 64.7 Å². The van der Waals surface area contributed by atoms with Gasteiger partial charge in [-0.2, -0.15) is 13.2 Å². The average molecular weight is 497 g/mol. The van der Waals surface area contributed by atoms with E-state index >= 15 is 0 Å². The second kappa shape index (κ2) is 10.1. The molecule has 13 heteroatoms. The zero-order valence-corrected chi connectivity index (χ0v) is 18.4. The standard InChI is InChI=1S/C20H19F2N5O.C2HF3O2/c1-27(2)18-4-3-12(10-24-18)14-7-11(5-6-23-14)15-8-13-16(25-15)9-17(19(21)22)26-20(13)28;3-2(4,5)1(6)7/h3-8,10,17,19,25H,9H2,1-2H3,(H,26,28);(H,6,7). The number of aromatic amines is 1. The van der Waals surface area contributed by atoms with E-state index in [1.54, 1.807) is 18.5 Å². The molecule has 4 rings (SSSR count). The van der Waals surface area contributed by atoms with E-state index in [1.165, 1.54) is 0 Å². The first kappa shape index (κ1) is 25.6. The lowest BCUT2D eigenvalue weighted by Gasteiger charge is -2.22. The number of hydrogen-bond donors (Lipinski definition) is 3. The summed E-state index contributed by atoms with van der Waals surface area (Å²) in [7, 11) is 3.84. The van der Waals surface area contributed by atoms with E-state index in [0.29, 0.717) is 17.0 Å². The summed E-state index contributed by atoms with van der Waals surface area (Å²) < 4.78 is 57.7. The molecule has 0 saturated carbocycles. The molecule has 0 bridgehead atoms. The zero-order valence-electron chi connectivity index (χ0n) is 18.4. The van der Waals surface area contributed by atoms with Gasteiger partial charge >= 0.3 is 12.1 Å². The summed E-state index contributed by atoms with van der Waals surface area (Å²) in [6.07, 6.45) is -4.19. The maximum absolute atomic E-state index is 13.0. The van der Waals surface area contributed by atoms with Crippen LogP contribution in [0.15, 0.2) is 42.7 Å². The highest BCUT2D eigenvalue weighted by Crippen LogP contribution is 2.28. The number of anilines is 1. The average Bonchev–Trinajstić information content (AvgIpc) is 3.24. The summed E-state index contributed by atoms with van der Waals surface area (Å²) in [5.74, 6) is -2.39. The molecule has 1 aliphatic heterocycles. The first-order valence-electron chi connectivity index (χ1n) is 10.1. The number of aromatic nitrogens is 3. The largest absolute Gasteiger partial charge is 0.490 e. The number of carboxylic acid groups (broad SMARTS) is 1. The summed E-state index contributed by atoms with van der Waals surface area (Å²) in [5.41, 5.74) is 4.04. The maximum Gasteiger partial charge on any atom is 0.490 e. The van der Waals surface area contributed by atoms with Crippen molar-refractivity contribution in [1.29, 1.82) is 0 Å². The maximum atomic E-state index is 13.0. The van der Waals surface area contributed by atoms with Crippen LogP contribution in [0.3, 0.4) is 0 Å². The molecule has 1 unspecified atom stereocenters. The number of carbonyl (C=O) groups excluding carboxylic acids is 1. The minimum Gasteiger partial charge on any atom is -0.475 e. The number of nitrogens with zero attached hydrogens (tertiary/aromatic N) is 3. The van der Waals surface area contributed by atoms with Crippen LogP contribution in [0.5, 0.6) is 0 Å².